The van der Waals surface area contributed by atoms with Gasteiger partial charge in [-0.3, -0.25) is 14.2 Å². The molecule has 392 valence electrons. The van der Waals surface area contributed by atoms with E-state index in [4.69, 9.17) is 33.9 Å². The van der Waals surface area contributed by atoms with Crippen LogP contribution >= 0.6 is 11.3 Å². The zero-order valence-electron chi connectivity index (χ0n) is 42.7. The molecule has 6 fully saturated rings. The van der Waals surface area contributed by atoms with Crippen molar-refractivity contribution in [3.63, 3.8) is 0 Å². The number of hydrogen-bond acceptors (Lipinski definition) is 12. The normalized spacial score (nSPS) is 26.7. The largest absolute Gasteiger partial charge is 0.464 e. The second kappa shape index (κ2) is 17.9. The Morgan fingerprint density at radius 1 is 0.813 bits per heavy atom. The molecule has 6 aromatic rings. The molecule has 2 aromatic carbocycles. The van der Waals surface area contributed by atoms with E-state index >= 15 is 4.39 Å². The summed E-state index contributed by atoms with van der Waals surface area (Å²) in [4.78, 5) is 79.9. The van der Waals surface area contributed by atoms with Crippen molar-refractivity contribution in [3.05, 3.63) is 82.3 Å². The van der Waals surface area contributed by atoms with Gasteiger partial charge in [-0.15, -0.1) is 11.3 Å². The fourth-order valence-electron chi connectivity index (χ4n) is 12.7. The molecule has 4 unspecified atom stereocenters. The standard InChI is InChI=1S/C55H61FN10O8S/c1-25(2)45(62-53(69)71-5)50(67)64-37-15-31(37)18-40(64)48-58-23-35(61-48)29-14-33(56)44-39-17-30-13-27(9-10-36(30)66(39)52(74-42(44)20-29)43-24-59-49(75-43)26-7-8-26)34-22-57-47(60-34)41-19-32-16-38(32)65(41)51(68)46(63-54(70)72-6)28-11-12-73-55(3,4)21-28/h9-10,13-14,17,20,22-26,28,31-32,37-38,40-41,45-46,52H,7-8,11-12,15-16,18-19,21H2,1-6H3,(H,57,60)(H,58,61)(H,62,69)(H,63,70)/t28?,31-,32-,37-,38-,40+,41+,45?,46?,52?/m1/s1. The number of ether oxygens (including phenoxy) is 4. The van der Waals surface area contributed by atoms with Gasteiger partial charge in [0.15, 0.2) is 0 Å². The number of hydrogen-bond donors (Lipinski definition) is 4. The van der Waals surface area contributed by atoms with Crippen LogP contribution in [0.15, 0.2) is 55.0 Å². The van der Waals surface area contributed by atoms with Gasteiger partial charge in [-0.1, -0.05) is 19.9 Å². The number of alkyl carbamates (subject to hydrolysis) is 2. The van der Waals surface area contributed by atoms with Crippen molar-refractivity contribution in [2.75, 3.05) is 20.8 Å². The number of carbonyl (C=O) groups is 4. The van der Waals surface area contributed by atoms with E-state index in [1.165, 1.54) is 20.3 Å². The molecule has 10 atom stereocenters. The van der Waals surface area contributed by atoms with Gasteiger partial charge in [-0.05, 0) is 119 Å². The number of methoxy groups -OCH3 is 2. The maximum Gasteiger partial charge on any atom is 0.407 e. The van der Waals surface area contributed by atoms with E-state index in [2.05, 4.69) is 31.2 Å². The van der Waals surface area contributed by atoms with Gasteiger partial charge in [0.2, 0.25) is 18.0 Å². The SMILES string of the molecule is COC(=O)NC(C(=O)N1[C@@H]2C[C@@H]2C[C@H]1c1ncc(-c2cc(F)c3c(c2)OC(c2cnc(C4CC4)s2)n2c-3cc3cc(-c4cnc([C@@H]5C[C@H]6C[C@H]6N5C(=O)C(NC(=O)OC)C5CCOC(C)(C)C5)[nH]4)ccc32)[nH]1)C(C)C. The third-order valence-corrected chi connectivity index (χ3v) is 18.0. The molecule has 7 aliphatic rings. The number of halogens is 1. The lowest BCUT2D eigenvalue weighted by Crippen LogP contribution is -2.55. The fourth-order valence-corrected chi connectivity index (χ4v) is 13.8. The summed E-state index contributed by atoms with van der Waals surface area (Å²) in [7, 11) is 2.59. The number of rotatable bonds is 12. The highest BCUT2D eigenvalue weighted by molar-refractivity contribution is 7.11. The molecule has 8 heterocycles. The fraction of sp³-hybridized carbons (Fsp3) is 0.509. The van der Waals surface area contributed by atoms with E-state index in [0.717, 1.165) is 70.6 Å². The lowest BCUT2D eigenvalue weighted by Gasteiger charge is -2.40. The van der Waals surface area contributed by atoms with E-state index < -0.39 is 41.9 Å². The van der Waals surface area contributed by atoms with Crippen LogP contribution in [0.3, 0.4) is 0 Å². The second-order valence-corrected chi connectivity index (χ2v) is 23.8. The number of H-pyrrole nitrogens is 2. The minimum absolute atomic E-state index is 0.0637. The number of nitrogens with zero attached hydrogens (tertiary/aromatic N) is 6. The predicted octanol–water partition coefficient (Wildman–Crippen LogP) is 9.14. The first-order chi connectivity index (χ1) is 36.1. The van der Waals surface area contributed by atoms with Crippen molar-refractivity contribution < 1.29 is 42.5 Å². The minimum Gasteiger partial charge on any atom is -0.464 e. The molecule has 0 radical (unpaired) electrons. The van der Waals surface area contributed by atoms with E-state index in [1.54, 1.807) is 23.7 Å². The number of imidazole rings is 2. The Labute approximate surface area is 436 Å². The Morgan fingerprint density at radius 2 is 1.48 bits per heavy atom. The summed E-state index contributed by atoms with van der Waals surface area (Å²) >= 11 is 1.63. The van der Waals surface area contributed by atoms with Crippen LogP contribution in [0, 0.1) is 29.5 Å². The number of aromatic amines is 2. The first kappa shape index (κ1) is 47.9. The van der Waals surface area contributed by atoms with Crippen molar-refractivity contribution in [2.45, 2.75) is 133 Å². The molecule has 0 spiro atoms. The molecule has 18 nitrogen and oxygen atoms in total. The Bertz CT molecular complexity index is 3290. The summed E-state index contributed by atoms with van der Waals surface area (Å²) in [6.45, 7) is 8.31. The predicted molar refractivity (Wildman–Crippen MR) is 274 cm³/mol. The maximum absolute atomic E-state index is 17.1. The number of nitrogens with one attached hydrogen (secondary N) is 4. The third kappa shape index (κ3) is 8.42. The second-order valence-electron chi connectivity index (χ2n) is 22.7. The zero-order chi connectivity index (χ0) is 51.8. The molecule has 4 amide bonds. The van der Waals surface area contributed by atoms with Gasteiger partial charge in [-0.25, -0.2) is 28.9 Å². The smallest absolute Gasteiger partial charge is 0.407 e. The number of benzene rings is 2. The van der Waals surface area contributed by atoms with E-state index in [0.29, 0.717) is 77.1 Å². The lowest BCUT2D eigenvalue weighted by atomic mass is 9.82. The number of likely N-dealkylation sites (tertiary alicyclic amines) is 2. The summed E-state index contributed by atoms with van der Waals surface area (Å²) in [6.07, 6.45) is 10.2. The molecule has 20 heteroatoms. The molecule has 4 N–H and O–H groups in total. The number of carbonyl (C=O) groups excluding carboxylic acids is 4. The topological polar surface area (TPSA) is 211 Å². The average molecular weight is 1040 g/mol. The quantitative estimate of drug-likeness (QED) is 0.0908. The van der Waals surface area contributed by atoms with Gasteiger partial charge < -0.3 is 49.3 Å². The zero-order valence-corrected chi connectivity index (χ0v) is 43.5. The van der Waals surface area contributed by atoms with Crippen LogP contribution in [-0.4, -0.2) is 114 Å². The van der Waals surface area contributed by atoms with E-state index in [9.17, 15) is 19.2 Å². The maximum atomic E-state index is 17.1. The summed E-state index contributed by atoms with van der Waals surface area (Å²) in [5.41, 5.74) is 4.20. The first-order valence-electron chi connectivity index (χ1n) is 26.3. The number of aromatic nitrogens is 6. The van der Waals surface area contributed by atoms with Crippen molar-refractivity contribution in [1.82, 2.24) is 49.9 Å². The molecule has 3 aliphatic carbocycles. The minimum atomic E-state index is -0.766. The number of amides is 4. The molecular formula is C55H61FN10O8S. The van der Waals surface area contributed by atoms with Gasteiger partial charge in [0.1, 0.15) is 35.3 Å². The van der Waals surface area contributed by atoms with Gasteiger partial charge in [0.05, 0.1) is 82.3 Å². The molecule has 4 aliphatic heterocycles. The highest BCUT2D eigenvalue weighted by atomic mass is 32.1. The Kier molecular flexibility index (Phi) is 11.4. The van der Waals surface area contributed by atoms with Crippen molar-refractivity contribution in [1.29, 1.82) is 0 Å². The molecule has 0 bridgehead atoms. The summed E-state index contributed by atoms with van der Waals surface area (Å²) in [5, 5.41) is 7.57. The Morgan fingerprint density at radius 3 is 2.13 bits per heavy atom. The number of piperidine rings is 2. The molecule has 4 aromatic heterocycles. The summed E-state index contributed by atoms with van der Waals surface area (Å²) in [5.74, 6) is 1.75. The van der Waals surface area contributed by atoms with Gasteiger partial charge in [0, 0.05) is 47.3 Å². The highest BCUT2D eigenvalue weighted by Gasteiger charge is 2.58. The summed E-state index contributed by atoms with van der Waals surface area (Å²) < 4.78 is 41.9. The van der Waals surface area contributed by atoms with Gasteiger partial charge >= 0.3 is 12.2 Å². The van der Waals surface area contributed by atoms with Crippen molar-refractivity contribution in [3.8, 4) is 39.5 Å². The number of fused-ring (bicyclic) bond motifs is 7. The average Bonchev–Trinajstić information content (AvgIpc) is 4.22. The van der Waals surface area contributed by atoms with Crippen LogP contribution in [0.2, 0.25) is 0 Å². The Hall–Kier alpha value is -6.80. The van der Waals surface area contributed by atoms with E-state index in [-0.39, 0.29) is 47.8 Å². The monoisotopic (exact) mass is 1040 g/mol. The van der Waals surface area contributed by atoms with Crippen LogP contribution in [0.1, 0.15) is 125 Å². The van der Waals surface area contributed by atoms with Crippen molar-refractivity contribution >= 4 is 46.2 Å². The Balaban J connectivity index is 0.808. The van der Waals surface area contributed by atoms with Crippen LogP contribution in [0.4, 0.5) is 14.0 Å². The van der Waals surface area contributed by atoms with Gasteiger partial charge in [-0.2, -0.15) is 0 Å². The molecular weight excluding hydrogens is 980 g/mol. The molecule has 3 saturated heterocycles. The van der Waals surface area contributed by atoms with Crippen molar-refractivity contribution in [2.24, 2.45) is 23.7 Å². The molecule has 75 heavy (non-hydrogen) atoms. The van der Waals surface area contributed by atoms with Crippen LogP contribution < -0.4 is 15.4 Å². The highest BCUT2D eigenvalue weighted by Crippen LogP contribution is 2.56. The third-order valence-electron chi connectivity index (χ3n) is 16.8. The molecule has 13 rings (SSSR count). The first-order valence-corrected chi connectivity index (χ1v) is 27.2. The lowest BCUT2D eigenvalue weighted by molar-refractivity contribution is -0.140. The van der Waals surface area contributed by atoms with Crippen LogP contribution in [0.25, 0.3) is 44.7 Å². The number of thiazole rings is 1. The molecule has 3 saturated carbocycles. The van der Waals surface area contributed by atoms with Gasteiger partial charge in [0.25, 0.3) is 0 Å². The van der Waals surface area contributed by atoms with Crippen LogP contribution in [0.5, 0.6) is 5.75 Å². The van der Waals surface area contributed by atoms with Crippen LogP contribution in [-0.2, 0) is 23.8 Å². The summed E-state index contributed by atoms with van der Waals surface area (Å²) in [6, 6.07) is 9.48. The van der Waals surface area contributed by atoms with E-state index in [1.807, 2.05) is 68.0 Å².